The van der Waals surface area contributed by atoms with Gasteiger partial charge >= 0.3 is 0 Å². The number of halogens is 3. The van der Waals surface area contributed by atoms with Gasteiger partial charge in [-0.05, 0) is 65.2 Å². The molecule has 0 aromatic heterocycles. The lowest BCUT2D eigenvalue weighted by Crippen LogP contribution is -2.17. The molecule has 0 aliphatic heterocycles. The maximum absolute atomic E-state index is 6.15. The van der Waals surface area contributed by atoms with Crippen LogP contribution in [0.15, 0.2) is 45.3 Å². The van der Waals surface area contributed by atoms with Gasteiger partial charge in [0.1, 0.15) is 11.5 Å². The van der Waals surface area contributed by atoms with Gasteiger partial charge in [-0.15, -0.1) is 0 Å². The average molecular weight is 420 g/mol. The molecule has 0 bridgehead atoms. The lowest BCUT2D eigenvalue weighted by molar-refractivity contribution is 0.479. The van der Waals surface area contributed by atoms with E-state index >= 15 is 0 Å². The summed E-state index contributed by atoms with van der Waals surface area (Å²) in [6.07, 6.45) is 0.831. The van der Waals surface area contributed by atoms with Crippen molar-refractivity contribution in [1.29, 1.82) is 0 Å². The number of benzene rings is 2. The fraction of sp³-hybridized carbons (Fsp3) is 0.200. The second-order valence-corrected chi connectivity index (χ2v) is 6.80. The van der Waals surface area contributed by atoms with Crippen molar-refractivity contribution in [3.63, 3.8) is 0 Å². The van der Waals surface area contributed by atoms with Gasteiger partial charge in [0.2, 0.25) is 0 Å². The van der Waals surface area contributed by atoms with E-state index in [9.17, 15) is 0 Å². The fourth-order valence-corrected chi connectivity index (χ4v) is 3.02. The van der Waals surface area contributed by atoms with Crippen molar-refractivity contribution in [3.05, 3.63) is 55.9 Å². The molecule has 1 unspecified atom stereocenters. The highest BCUT2D eigenvalue weighted by atomic mass is 79.9. The zero-order chi connectivity index (χ0) is 14.7. The third-order valence-corrected chi connectivity index (χ3v) is 4.08. The highest BCUT2D eigenvalue weighted by Crippen LogP contribution is 2.35. The molecule has 0 aliphatic carbocycles. The van der Waals surface area contributed by atoms with E-state index in [4.69, 9.17) is 22.1 Å². The first-order valence-electron chi connectivity index (χ1n) is 6.12. The second kappa shape index (κ2) is 6.94. The van der Waals surface area contributed by atoms with Crippen LogP contribution in [0.4, 0.5) is 0 Å². The van der Waals surface area contributed by atoms with Crippen LogP contribution in [0.2, 0.25) is 5.02 Å². The van der Waals surface area contributed by atoms with E-state index in [2.05, 4.69) is 31.9 Å². The average Bonchev–Trinajstić information content (AvgIpc) is 2.34. The number of ether oxygens (including phenoxy) is 1. The van der Waals surface area contributed by atoms with Crippen molar-refractivity contribution in [2.45, 2.75) is 19.4 Å². The van der Waals surface area contributed by atoms with Gasteiger partial charge in [0.05, 0.1) is 9.50 Å². The molecule has 0 amide bonds. The van der Waals surface area contributed by atoms with Crippen molar-refractivity contribution in [2.75, 3.05) is 0 Å². The van der Waals surface area contributed by atoms with Crippen molar-refractivity contribution < 1.29 is 4.74 Å². The van der Waals surface area contributed by atoms with Crippen molar-refractivity contribution in [3.8, 4) is 11.5 Å². The SMILES string of the molecule is CC(N)Cc1ccc(Oc2ccc(Br)cc2Cl)c(Br)c1. The van der Waals surface area contributed by atoms with Gasteiger partial charge in [0, 0.05) is 10.5 Å². The molecule has 0 spiro atoms. The second-order valence-electron chi connectivity index (χ2n) is 4.62. The Bertz CT molecular complexity index is 617. The number of hydrogen-bond acceptors (Lipinski definition) is 2. The van der Waals surface area contributed by atoms with Gasteiger partial charge < -0.3 is 10.5 Å². The third-order valence-electron chi connectivity index (χ3n) is 2.67. The Morgan fingerprint density at radius 2 is 1.85 bits per heavy atom. The monoisotopic (exact) mass is 417 g/mol. The molecule has 0 saturated heterocycles. The highest BCUT2D eigenvalue weighted by molar-refractivity contribution is 9.10. The maximum Gasteiger partial charge on any atom is 0.146 e. The Morgan fingerprint density at radius 3 is 2.45 bits per heavy atom. The first-order chi connectivity index (χ1) is 9.45. The standard InChI is InChI=1S/C15H14Br2ClNO/c1-9(19)6-10-2-4-14(12(17)7-10)20-15-5-3-11(16)8-13(15)18/h2-5,7-9H,6,19H2,1H3. The Hall–Kier alpha value is -0.550. The van der Waals surface area contributed by atoms with Crippen molar-refractivity contribution >= 4 is 43.5 Å². The van der Waals surface area contributed by atoms with E-state index in [1.807, 2.05) is 37.3 Å². The molecule has 2 aromatic rings. The lowest BCUT2D eigenvalue weighted by atomic mass is 10.1. The van der Waals surface area contributed by atoms with E-state index in [0.29, 0.717) is 10.8 Å². The highest BCUT2D eigenvalue weighted by Gasteiger charge is 2.08. The quantitative estimate of drug-likeness (QED) is 0.705. The predicted octanol–water partition coefficient (Wildman–Crippen LogP) is 5.55. The van der Waals surface area contributed by atoms with Gasteiger partial charge in [-0.25, -0.2) is 0 Å². The molecular formula is C15H14Br2ClNO. The molecule has 0 radical (unpaired) electrons. The molecule has 2 nitrogen and oxygen atoms in total. The Labute approximate surface area is 140 Å². The van der Waals surface area contributed by atoms with Crippen molar-refractivity contribution in [2.24, 2.45) is 5.73 Å². The summed E-state index contributed by atoms with van der Waals surface area (Å²) in [4.78, 5) is 0. The van der Waals surface area contributed by atoms with Crippen LogP contribution in [0.25, 0.3) is 0 Å². The van der Waals surface area contributed by atoms with Crippen LogP contribution in [-0.4, -0.2) is 6.04 Å². The van der Waals surface area contributed by atoms with Crippen LogP contribution in [0.3, 0.4) is 0 Å². The Morgan fingerprint density at radius 1 is 1.15 bits per heavy atom. The minimum Gasteiger partial charge on any atom is -0.455 e. The van der Waals surface area contributed by atoms with Gasteiger partial charge in [-0.2, -0.15) is 0 Å². The summed E-state index contributed by atoms with van der Waals surface area (Å²) in [5, 5.41) is 0.561. The Kier molecular flexibility index (Phi) is 5.49. The topological polar surface area (TPSA) is 35.2 Å². The smallest absolute Gasteiger partial charge is 0.146 e. The summed E-state index contributed by atoms with van der Waals surface area (Å²) >= 11 is 13.0. The van der Waals surface area contributed by atoms with Crippen molar-refractivity contribution in [1.82, 2.24) is 0 Å². The molecule has 2 rings (SSSR count). The van der Waals surface area contributed by atoms with E-state index in [1.165, 1.54) is 5.56 Å². The zero-order valence-corrected chi connectivity index (χ0v) is 14.8. The van der Waals surface area contributed by atoms with Gasteiger partial charge in [0.15, 0.2) is 0 Å². The fourth-order valence-electron chi connectivity index (χ4n) is 1.80. The molecule has 0 heterocycles. The summed E-state index contributed by atoms with van der Waals surface area (Å²) in [5.41, 5.74) is 6.97. The molecule has 0 fully saturated rings. The zero-order valence-electron chi connectivity index (χ0n) is 10.9. The molecule has 20 heavy (non-hydrogen) atoms. The first kappa shape index (κ1) is 15.8. The van der Waals surface area contributed by atoms with Crippen LogP contribution in [0.1, 0.15) is 12.5 Å². The normalized spacial score (nSPS) is 12.2. The summed E-state index contributed by atoms with van der Waals surface area (Å²) in [7, 11) is 0. The van der Waals surface area contributed by atoms with Crippen LogP contribution in [0, 0.1) is 0 Å². The van der Waals surface area contributed by atoms with E-state index < -0.39 is 0 Å². The molecule has 0 saturated carbocycles. The molecule has 2 N–H and O–H groups in total. The molecule has 5 heteroatoms. The number of rotatable bonds is 4. The first-order valence-corrected chi connectivity index (χ1v) is 8.09. The summed E-state index contributed by atoms with van der Waals surface area (Å²) in [6.45, 7) is 1.99. The molecule has 106 valence electrons. The lowest BCUT2D eigenvalue weighted by Gasteiger charge is -2.12. The van der Waals surface area contributed by atoms with E-state index in [-0.39, 0.29) is 6.04 Å². The summed E-state index contributed by atoms with van der Waals surface area (Å²) in [6, 6.07) is 11.6. The van der Waals surface area contributed by atoms with Crippen LogP contribution in [-0.2, 0) is 6.42 Å². The van der Waals surface area contributed by atoms with Gasteiger partial charge in [-0.3, -0.25) is 0 Å². The van der Waals surface area contributed by atoms with Crippen LogP contribution < -0.4 is 10.5 Å². The number of hydrogen-bond donors (Lipinski definition) is 1. The predicted molar refractivity (Wildman–Crippen MR) is 90.7 cm³/mol. The molecular weight excluding hydrogens is 405 g/mol. The molecule has 0 aliphatic rings. The Balaban J connectivity index is 2.21. The van der Waals surface area contributed by atoms with Crippen LogP contribution >= 0.6 is 43.5 Å². The summed E-state index contributed by atoms with van der Waals surface area (Å²) < 4.78 is 7.63. The third kappa shape index (κ3) is 4.22. The minimum absolute atomic E-state index is 0.134. The molecule has 2 aromatic carbocycles. The number of nitrogens with two attached hydrogens (primary N) is 1. The molecule has 1 atom stereocenters. The minimum atomic E-state index is 0.134. The van der Waals surface area contributed by atoms with E-state index in [1.54, 1.807) is 6.07 Å². The maximum atomic E-state index is 6.15. The largest absolute Gasteiger partial charge is 0.455 e. The van der Waals surface area contributed by atoms with Gasteiger partial charge in [-0.1, -0.05) is 33.6 Å². The van der Waals surface area contributed by atoms with Gasteiger partial charge in [0.25, 0.3) is 0 Å². The van der Waals surface area contributed by atoms with Crippen LogP contribution in [0.5, 0.6) is 11.5 Å². The summed E-state index contributed by atoms with van der Waals surface area (Å²) in [5.74, 6) is 1.35. The van der Waals surface area contributed by atoms with E-state index in [0.717, 1.165) is 21.1 Å².